The van der Waals surface area contributed by atoms with Crippen LogP contribution in [0.2, 0.25) is 0 Å². The van der Waals surface area contributed by atoms with Crippen LogP contribution >= 0.6 is 23.1 Å². The molecule has 2 aromatic carbocycles. The van der Waals surface area contributed by atoms with Crippen LogP contribution in [-0.2, 0) is 4.79 Å². The lowest BCUT2D eigenvalue weighted by Crippen LogP contribution is -2.29. The van der Waals surface area contributed by atoms with Crippen molar-refractivity contribution in [3.63, 3.8) is 0 Å². The summed E-state index contributed by atoms with van der Waals surface area (Å²) in [4.78, 5) is 18.1. The van der Waals surface area contributed by atoms with Gasteiger partial charge in [-0.05, 0) is 36.3 Å². The fraction of sp³-hybridized carbons (Fsp3) is 0.158. The number of hydrogen-bond acceptors (Lipinski definition) is 4. The first-order chi connectivity index (χ1) is 11.8. The molecule has 5 heteroatoms. The van der Waals surface area contributed by atoms with Gasteiger partial charge in [0, 0.05) is 16.7 Å². The molecular weight excluding hydrogens is 336 g/mol. The van der Waals surface area contributed by atoms with Crippen LogP contribution in [0.15, 0.2) is 59.5 Å². The van der Waals surface area contributed by atoms with Crippen LogP contribution in [0.25, 0.3) is 16.3 Å². The third-order valence-electron chi connectivity index (χ3n) is 3.96. The molecule has 0 aliphatic carbocycles. The van der Waals surface area contributed by atoms with E-state index >= 15 is 0 Å². The van der Waals surface area contributed by atoms with Crippen molar-refractivity contribution in [1.29, 1.82) is 0 Å². The maximum atomic E-state index is 12.3. The fourth-order valence-electron chi connectivity index (χ4n) is 2.82. The molecule has 0 unspecified atom stereocenters. The Kier molecular flexibility index (Phi) is 4.36. The molecule has 120 valence electrons. The summed E-state index contributed by atoms with van der Waals surface area (Å²) < 4.78 is 1.13. The molecule has 24 heavy (non-hydrogen) atoms. The van der Waals surface area contributed by atoms with Crippen molar-refractivity contribution in [3.05, 3.63) is 65.2 Å². The molecule has 0 bridgehead atoms. The number of hydrogen-bond donors (Lipinski definition) is 1. The van der Waals surface area contributed by atoms with Crippen LogP contribution in [0.4, 0.5) is 0 Å². The molecule has 1 atom stereocenters. The van der Waals surface area contributed by atoms with E-state index in [0.717, 1.165) is 27.4 Å². The number of carbonyl (C=O) groups excluding carboxylic acids is 1. The van der Waals surface area contributed by atoms with Gasteiger partial charge < -0.3 is 5.32 Å². The Balaban J connectivity index is 1.47. The number of benzene rings is 2. The highest BCUT2D eigenvalue weighted by Gasteiger charge is 2.21. The van der Waals surface area contributed by atoms with Crippen molar-refractivity contribution in [2.24, 2.45) is 0 Å². The molecular formula is C19H16N2OS2. The van der Waals surface area contributed by atoms with Gasteiger partial charge in [-0.15, -0.1) is 23.1 Å². The summed E-state index contributed by atoms with van der Waals surface area (Å²) >= 11 is 3.45. The molecule has 2 heterocycles. The average molecular weight is 352 g/mol. The first-order valence-electron chi connectivity index (χ1n) is 7.85. The summed E-state index contributed by atoms with van der Waals surface area (Å²) in [7, 11) is 0. The van der Waals surface area contributed by atoms with Gasteiger partial charge >= 0.3 is 0 Å². The fourth-order valence-corrected chi connectivity index (χ4v) is 4.82. The van der Waals surface area contributed by atoms with Gasteiger partial charge in [0.2, 0.25) is 5.91 Å². The van der Waals surface area contributed by atoms with Crippen molar-refractivity contribution in [2.75, 3.05) is 5.75 Å². The van der Waals surface area contributed by atoms with Crippen LogP contribution in [-0.4, -0.2) is 16.6 Å². The van der Waals surface area contributed by atoms with Crippen LogP contribution in [0, 0.1) is 0 Å². The quantitative estimate of drug-likeness (QED) is 0.697. The van der Waals surface area contributed by atoms with Gasteiger partial charge in [-0.25, -0.2) is 4.98 Å². The molecule has 1 N–H and O–H groups in total. The van der Waals surface area contributed by atoms with Crippen LogP contribution in [0.3, 0.4) is 0 Å². The summed E-state index contributed by atoms with van der Waals surface area (Å²) in [5.41, 5.74) is 2.19. The summed E-state index contributed by atoms with van der Waals surface area (Å²) in [6.45, 7) is 0. The minimum absolute atomic E-state index is 0.0686. The highest BCUT2D eigenvalue weighted by molar-refractivity contribution is 7.99. The second-order valence-corrected chi connectivity index (χ2v) is 7.79. The Morgan fingerprint density at radius 1 is 1.17 bits per heavy atom. The van der Waals surface area contributed by atoms with Gasteiger partial charge in [0.1, 0.15) is 5.01 Å². The summed E-state index contributed by atoms with van der Waals surface area (Å²) in [5.74, 6) is 0.963. The monoisotopic (exact) mass is 352 g/mol. The van der Waals surface area contributed by atoms with Gasteiger partial charge in [-0.3, -0.25) is 4.79 Å². The lowest BCUT2D eigenvalue weighted by Gasteiger charge is -2.25. The molecule has 0 spiro atoms. The first-order valence-corrected chi connectivity index (χ1v) is 9.66. The highest BCUT2D eigenvalue weighted by atomic mass is 32.2. The molecule has 0 saturated carbocycles. The molecule has 0 fully saturated rings. The molecule has 0 radical (unpaired) electrons. The van der Waals surface area contributed by atoms with Gasteiger partial charge in [-0.1, -0.05) is 30.3 Å². The Morgan fingerprint density at radius 2 is 2.00 bits per heavy atom. The van der Waals surface area contributed by atoms with E-state index in [1.54, 1.807) is 23.5 Å². The highest BCUT2D eigenvalue weighted by Crippen LogP contribution is 2.35. The second kappa shape index (κ2) is 6.79. The lowest BCUT2D eigenvalue weighted by atomic mass is 10.0. The number of para-hydroxylation sites is 1. The van der Waals surface area contributed by atoms with Crippen molar-refractivity contribution >= 4 is 45.3 Å². The average Bonchev–Trinajstić information content (AvgIpc) is 3.03. The minimum atomic E-state index is -0.0686. The standard InChI is InChI=1S/C19H16N2OS2/c22-18(9-10-19-21-15-6-2-4-8-17(15)24-19)20-14-11-12-23-16-7-3-1-5-13(14)16/h1-10,14H,11-12H2,(H,20,22)/b10-9+/t14-/m1/s1. The minimum Gasteiger partial charge on any atom is -0.346 e. The number of carbonyl (C=O) groups is 1. The Hall–Kier alpha value is -2.11. The van der Waals surface area contributed by atoms with E-state index in [-0.39, 0.29) is 11.9 Å². The molecule has 1 aliphatic rings. The predicted octanol–water partition coefficient (Wildman–Crippen LogP) is 4.66. The zero-order valence-electron chi connectivity index (χ0n) is 12.9. The maximum Gasteiger partial charge on any atom is 0.244 e. The topological polar surface area (TPSA) is 42.0 Å². The number of fused-ring (bicyclic) bond motifs is 2. The lowest BCUT2D eigenvalue weighted by molar-refractivity contribution is -0.117. The number of aromatic nitrogens is 1. The zero-order valence-corrected chi connectivity index (χ0v) is 14.6. The molecule has 1 aromatic heterocycles. The molecule has 0 saturated heterocycles. The number of amides is 1. The first kappa shape index (κ1) is 15.4. The largest absolute Gasteiger partial charge is 0.346 e. The maximum absolute atomic E-state index is 12.3. The van der Waals surface area contributed by atoms with E-state index in [9.17, 15) is 4.79 Å². The number of nitrogens with one attached hydrogen (secondary N) is 1. The van der Waals surface area contributed by atoms with E-state index < -0.39 is 0 Å². The van der Waals surface area contributed by atoms with Crippen molar-refractivity contribution in [2.45, 2.75) is 17.4 Å². The summed E-state index contributed by atoms with van der Waals surface area (Å²) in [5, 5.41) is 3.97. The number of nitrogens with zero attached hydrogens (tertiary/aromatic N) is 1. The predicted molar refractivity (Wildman–Crippen MR) is 101 cm³/mol. The van der Waals surface area contributed by atoms with Gasteiger partial charge in [0.15, 0.2) is 0 Å². The summed E-state index contributed by atoms with van der Waals surface area (Å²) in [6.07, 6.45) is 4.34. The van der Waals surface area contributed by atoms with E-state index in [1.165, 1.54) is 10.5 Å². The second-order valence-electron chi connectivity index (χ2n) is 5.59. The SMILES string of the molecule is O=C(/C=C/c1nc2ccccc2s1)N[C@@H]1CCSc2ccccc21. The Morgan fingerprint density at radius 3 is 2.92 bits per heavy atom. The van der Waals surface area contributed by atoms with E-state index in [2.05, 4.69) is 22.4 Å². The van der Waals surface area contributed by atoms with Gasteiger partial charge in [0.25, 0.3) is 0 Å². The van der Waals surface area contributed by atoms with Crippen molar-refractivity contribution in [3.8, 4) is 0 Å². The van der Waals surface area contributed by atoms with E-state index in [1.807, 2.05) is 48.2 Å². The molecule has 1 amide bonds. The third-order valence-corrected chi connectivity index (χ3v) is 6.09. The zero-order chi connectivity index (χ0) is 16.4. The van der Waals surface area contributed by atoms with Crippen LogP contribution in [0.1, 0.15) is 23.0 Å². The van der Waals surface area contributed by atoms with E-state index in [0.29, 0.717) is 0 Å². The van der Waals surface area contributed by atoms with Gasteiger partial charge in [0.05, 0.1) is 16.3 Å². The number of thioether (sulfide) groups is 1. The van der Waals surface area contributed by atoms with Crippen molar-refractivity contribution < 1.29 is 4.79 Å². The number of thiazole rings is 1. The Bertz CT molecular complexity index is 883. The van der Waals surface area contributed by atoms with Crippen LogP contribution in [0.5, 0.6) is 0 Å². The van der Waals surface area contributed by atoms with Gasteiger partial charge in [-0.2, -0.15) is 0 Å². The third kappa shape index (κ3) is 3.23. The Labute approximate surface area is 148 Å². The van der Waals surface area contributed by atoms with E-state index in [4.69, 9.17) is 0 Å². The summed E-state index contributed by atoms with van der Waals surface area (Å²) in [6, 6.07) is 16.4. The molecule has 3 nitrogen and oxygen atoms in total. The van der Waals surface area contributed by atoms with Crippen LogP contribution < -0.4 is 5.32 Å². The molecule has 3 aromatic rings. The number of rotatable bonds is 3. The smallest absolute Gasteiger partial charge is 0.244 e. The van der Waals surface area contributed by atoms with Crippen molar-refractivity contribution in [1.82, 2.24) is 10.3 Å². The molecule has 1 aliphatic heterocycles. The molecule has 4 rings (SSSR count). The normalized spacial score (nSPS) is 17.1.